The Labute approximate surface area is 106 Å². The number of halogens is 6. The molecular formula is C11H11ClF5N. The molecule has 0 heterocycles. The molecule has 1 unspecified atom stereocenters. The van der Waals surface area contributed by atoms with Gasteiger partial charge in [-0.2, -0.15) is 13.2 Å². The lowest BCUT2D eigenvalue weighted by Crippen LogP contribution is -2.46. The summed E-state index contributed by atoms with van der Waals surface area (Å²) in [7, 11) is 0. The van der Waals surface area contributed by atoms with E-state index < -0.39 is 35.7 Å². The van der Waals surface area contributed by atoms with E-state index in [-0.39, 0.29) is 5.02 Å². The minimum atomic E-state index is -4.65. The molecule has 0 aliphatic heterocycles. The molecular weight excluding hydrogens is 277 g/mol. The van der Waals surface area contributed by atoms with Crippen molar-refractivity contribution in [2.45, 2.75) is 31.5 Å². The van der Waals surface area contributed by atoms with E-state index in [0.29, 0.717) is 0 Å². The molecule has 1 nitrogen and oxygen atoms in total. The Morgan fingerprint density at radius 1 is 1.28 bits per heavy atom. The van der Waals surface area contributed by atoms with Crippen molar-refractivity contribution >= 4 is 11.6 Å². The Balaban J connectivity index is 3.24. The Morgan fingerprint density at radius 3 is 2.28 bits per heavy atom. The van der Waals surface area contributed by atoms with E-state index in [9.17, 15) is 22.0 Å². The van der Waals surface area contributed by atoms with Crippen LogP contribution in [0.3, 0.4) is 0 Å². The summed E-state index contributed by atoms with van der Waals surface area (Å²) in [6.07, 6.45) is -8.26. The van der Waals surface area contributed by atoms with Gasteiger partial charge in [0.05, 0.1) is 11.1 Å². The zero-order chi connectivity index (χ0) is 14.1. The Hall–Kier alpha value is -0.880. The largest absolute Gasteiger partial charge is 0.416 e. The molecule has 0 saturated heterocycles. The lowest BCUT2D eigenvalue weighted by Gasteiger charge is -2.26. The first-order chi connectivity index (χ1) is 8.05. The molecule has 0 amide bonds. The average molecular weight is 288 g/mol. The second kappa shape index (κ2) is 5.01. The monoisotopic (exact) mass is 287 g/mol. The van der Waals surface area contributed by atoms with Crippen LogP contribution in [0, 0.1) is 0 Å². The quantitative estimate of drug-likeness (QED) is 0.839. The van der Waals surface area contributed by atoms with Gasteiger partial charge in [0.15, 0.2) is 0 Å². The number of nitrogens with two attached hydrogens (primary N) is 1. The molecule has 102 valence electrons. The van der Waals surface area contributed by atoms with E-state index in [1.54, 1.807) is 0 Å². The third-order valence-electron chi connectivity index (χ3n) is 2.48. The van der Waals surface area contributed by atoms with Crippen LogP contribution in [0.4, 0.5) is 22.0 Å². The molecule has 2 N–H and O–H groups in total. The van der Waals surface area contributed by atoms with Gasteiger partial charge in [0.25, 0.3) is 6.43 Å². The maximum absolute atomic E-state index is 12.7. The summed E-state index contributed by atoms with van der Waals surface area (Å²) in [5.74, 6) is 0. The van der Waals surface area contributed by atoms with Crippen molar-refractivity contribution in [3.8, 4) is 0 Å². The Morgan fingerprint density at radius 2 is 1.83 bits per heavy atom. The van der Waals surface area contributed by atoms with Crippen molar-refractivity contribution in [3.63, 3.8) is 0 Å². The molecule has 1 atom stereocenters. The lowest BCUT2D eigenvalue weighted by molar-refractivity contribution is -0.138. The van der Waals surface area contributed by atoms with Crippen molar-refractivity contribution in [2.24, 2.45) is 5.73 Å². The zero-order valence-corrected chi connectivity index (χ0v) is 10.1. The van der Waals surface area contributed by atoms with Gasteiger partial charge in [-0.15, -0.1) is 0 Å². The molecule has 0 fully saturated rings. The fraction of sp³-hybridized carbons (Fsp3) is 0.455. The molecule has 0 bridgehead atoms. The molecule has 1 aromatic rings. The average Bonchev–Trinajstić information content (AvgIpc) is 2.18. The van der Waals surface area contributed by atoms with Crippen LogP contribution < -0.4 is 5.73 Å². The Bertz CT molecular complexity index is 428. The fourth-order valence-electron chi connectivity index (χ4n) is 1.46. The number of benzene rings is 1. The van der Waals surface area contributed by atoms with Gasteiger partial charge in [-0.3, -0.25) is 0 Å². The standard InChI is InChI=1S/C11H11ClF5N/c1-10(18,9(13)14)5-6-7(11(15,16)17)3-2-4-8(6)12/h2-4,9H,5,18H2,1H3. The van der Waals surface area contributed by atoms with E-state index in [1.807, 2.05) is 0 Å². The zero-order valence-electron chi connectivity index (χ0n) is 9.36. The van der Waals surface area contributed by atoms with Gasteiger partial charge in [-0.05, 0) is 31.0 Å². The van der Waals surface area contributed by atoms with Gasteiger partial charge in [0.1, 0.15) is 0 Å². The van der Waals surface area contributed by atoms with E-state index >= 15 is 0 Å². The molecule has 0 spiro atoms. The Kier molecular flexibility index (Phi) is 4.23. The fourth-order valence-corrected chi connectivity index (χ4v) is 1.70. The van der Waals surface area contributed by atoms with Gasteiger partial charge in [-0.25, -0.2) is 8.78 Å². The third-order valence-corrected chi connectivity index (χ3v) is 2.83. The molecule has 18 heavy (non-hydrogen) atoms. The van der Waals surface area contributed by atoms with Crippen LogP contribution in [0.2, 0.25) is 5.02 Å². The van der Waals surface area contributed by atoms with Gasteiger partial charge >= 0.3 is 6.18 Å². The summed E-state index contributed by atoms with van der Waals surface area (Å²) in [6, 6.07) is 3.13. The molecule has 0 aliphatic carbocycles. The van der Waals surface area contributed by atoms with Crippen LogP contribution in [0.25, 0.3) is 0 Å². The predicted molar refractivity (Wildman–Crippen MR) is 58.8 cm³/mol. The molecule has 0 saturated carbocycles. The van der Waals surface area contributed by atoms with Crippen LogP contribution in [0.1, 0.15) is 18.1 Å². The topological polar surface area (TPSA) is 26.0 Å². The number of alkyl halides is 5. The molecule has 0 radical (unpaired) electrons. The number of rotatable bonds is 3. The molecule has 1 rings (SSSR count). The minimum absolute atomic E-state index is 0.220. The SMILES string of the molecule is CC(N)(Cc1c(Cl)cccc1C(F)(F)F)C(F)F. The number of hydrogen-bond donors (Lipinski definition) is 1. The van der Waals surface area contributed by atoms with Gasteiger partial charge in [0, 0.05) is 5.02 Å². The highest BCUT2D eigenvalue weighted by Gasteiger charge is 2.38. The molecule has 7 heteroatoms. The van der Waals surface area contributed by atoms with Crippen LogP contribution in [-0.2, 0) is 12.6 Å². The van der Waals surface area contributed by atoms with Gasteiger partial charge in [0.2, 0.25) is 0 Å². The third kappa shape index (κ3) is 3.32. The van der Waals surface area contributed by atoms with E-state index in [0.717, 1.165) is 19.1 Å². The van der Waals surface area contributed by atoms with Crippen molar-refractivity contribution in [3.05, 3.63) is 34.3 Å². The summed E-state index contributed by atoms with van der Waals surface area (Å²) in [5.41, 5.74) is 1.79. The van der Waals surface area contributed by atoms with Crippen LogP contribution in [0.5, 0.6) is 0 Å². The first-order valence-corrected chi connectivity index (χ1v) is 5.35. The molecule has 1 aromatic carbocycles. The summed E-state index contributed by atoms with van der Waals surface area (Å²) >= 11 is 5.65. The van der Waals surface area contributed by atoms with Gasteiger partial charge in [-0.1, -0.05) is 17.7 Å². The van der Waals surface area contributed by atoms with Crippen LogP contribution in [0.15, 0.2) is 18.2 Å². The smallest absolute Gasteiger partial charge is 0.320 e. The molecule has 0 aromatic heterocycles. The summed E-state index contributed by atoms with van der Waals surface area (Å²) < 4.78 is 63.4. The van der Waals surface area contributed by atoms with Crippen LogP contribution in [-0.4, -0.2) is 12.0 Å². The normalized spacial score (nSPS) is 15.8. The lowest BCUT2D eigenvalue weighted by atomic mass is 9.91. The highest BCUT2D eigenvalue weighted by Crippen LogP contribution is 2.37. The molecule has 0 aliphatic rings. The van der Waals surface area contributed by atoms with E-state index in [4.69, 9.17) is 17.3 Å². The van der Waals surface area contributed by atoms with Crippen molar-refractivity contribution in [2.75, 3.05) is 0 Å². The second-order valence-corrected chi connectivity index (χ2v) is 4.65. The first-order valence-electron chi connectivity index (χ1n) is 4.97. The van der Waals surface area contributed by atoms with Gasteiger partial charge < -0.3 is 5.73 Å². The predicted octanol–water partition coefficient (Wildman–Crippen LogP) is 3.88. The van der Waals surface area contributed by atoms with E-state index in [1.165, 1.54) is 6.07 Å². The number of hydrogen-bond acceptors (Lipinski definition) is 1. The summed E-state index contributed by atoms with van der Waals surface area (Å²) in [5, 5.41) is -0.220. The van der Waals surface area contributed by atoms with Crippen molar-refractivity contribution in [1.82, 2.24) is 0 Å². The summed E-state index contributed by atoms with van der Waals surface area (Å²) in [4.78, 5) is 0. The maximum Gasteiger partial charge on any atom is 0.416 e. The van der Waals surface area contributed by atoms with Crippen LogP contribution >= 0.6 is 11.6 Å². The minimum Gasteiger partial charge on any atom is -0.320 e. The van der Waals surface area contributed by atoms with E-state index in [2.05, 4.69) is 0 Å². The highest BCUT2D eigenvalue weighted by atomic mass is 35.5. The second-order valence-electron chi connectivity index (χ2n) is 4.25. The van der Waals surface area contributed by atoms with Crippen molar-refractivity contribution in [1.29, 1.82) is 0 Å². The first kappa shape index (κ1) is 15.2. The highest BCUT2D eigenvalue weighted by molar-refractivity contribution is 6.31. The summed E-state index contributed by atoms with van der Waals surface area (Å²) in [6.45, 7) is 0.987. The maximum atomic E-state index is 12.7. The van der Waals surface area contributed by atoms with Crippen molar-refractivity contribution < 1.29 is 22.0 Å².